The fourth-order valence-electron chi connectivity index (χ4n) is 0.214. The quantitative estimate of drug-likeness (QED) is 0.409. The number of hydrogen-bond donors (Lipinski definition) is 1. The third-order valence-corrected chi connectivity index (χ3v) is 26.0. The van der Waals surface area contributed by atoms with Gasteiger partial charge in [0, 0.05) is 8.55 Å². The van der Waals surface area contributed by atoms with Crippen molar-refractivity contribution < 1.29 is 9.26 Å². The fraction of sp³-hybridized carbons (Fsp3) is 0. The molecule has 6 heavy (non-hydrogen) atoms. The fourth-order valence-corrected chi connectivity index (χ4v) is 17.3. The second kappa shape index (κ2) is 3.65. The van der Waals surface area contributed by atoms with Crippen molar-refractivity contribution in [3.8, 4) is 0 Å². The van der Waals surface area contributed by atoms with Crippen molar-refractivity contribution in [3.05, 3.63) is 0 Å². The highest BCUT2D eigenvalue weighted by Crippen LogP contribution is 1.46. The molecule has 0 aromatic rings. The van der Waals surface area contributed by atoms with Crippen LogP contribution in [0.25, 0.3) is 0 Å². The van der Waals surface area contributed by atoms with Gasteiger partial charge in [-0.2, -0.15) is 0 Å². The predicted molar refractivity (Wildman–Crippen MR) is 35.7 cm³/mol. The maximum atomic E-state index is 9.90. The Bertz CT molecular complexity index is 49.5. The van der Waals surface area contributed by atoms with Crippen LogP contribution in [-0.2, 0) is 4.46 Å². The molecule has 0 aromatic heterocycles. The van der Waals surface area contributed by atoms with Gasteiger partial charge in [0.05, 0.1) is 0 Å². The van der Waals surface area contributed by atoms with Crippen LogP contribution < -0.4 is 0 Å². The molecule has 0 saturated carbocycles. The maximum Gasteiger partial charge on any atom is 0.455 e. The van der Waals surface area contributed by atoms with E-state index in [-0.39, 0.29) is 17.1 Å². The van der Waals surface area contributed by atoms with Gasteiger partial charge in [0.15, 0.2) is 0 Å². The first-order valence-corrected chi connectivity index (χ1v) is 15.3. The van der Waals surface area contributed by atoms with E-state index in [1.165, 1.54) is 9.76 Å². The van der Waals surface area contributed by atoms with Gasteiger partial charge in [0.25, 0.3) is 0 Å². The van der Waals surface area contributed by atoms with Crippen LogP contribution in [0.5, 0.6) is 0 Å². The van der Waals surface area contributed by atoms with Crippen molar-refractivity contribution in [2.24, 2.45) is 0 Å². The van der Waals surface area contributed by atoms with E-state index >= 15 is 0 Å². The molecule has 0 spiro atoms. The van der Waals surface area contributed by atoms with Gasteiger partial charge in [-0.25, -0.2) is 0 Å². The van der Waals surface area contributed by atoms with Crippen LogP contribution in [0.4, 0.5) is 0 Å². The summed E-state index contributed by atoms with van der Waals surface area (Å²) in [6, 6.07) is 0. The van der Waals surface area contributed by atoms with Gasteiger partial charge in [0.2, 0.25) is 0 Å². The van der Waals surface area contributed by atoms with Crippen molar-refractivity contribution >= 4 is 35.3 Å². The molecule has 0 aliphatic carbocycles. The average molecular weight is 152 g/mol. The van der Waals surface area contributed by atoms with Crippen LogP contribution >= 0.6 is 0 Å². The van der Waals surface area contributed by atoms with E-state index in [1.807, 2.05) is 0 Å². The summed E-state index contributed by atoms with van der Waals surface area (Å²) in [6.07, 6.45) is 0. The summed E-state index contributed by atoms with van der Waals surface area (Å²) in [5.41, 5.74) is 0. The summed E-state index contributed by atoms with van der Waals surface area (Å²) in [5, 5.41) is 0. The molecule has 1 N–H and O–H groups in total. The summed E-state index contributed by atoms with van der Waals surface area (Å²) >= 11 is 0. The van der Waals surface area contributed by atoms with Gasteiger partial charge in [-0.1, -0.05) is 0 Å². The second-order valence-electron chi connectivity index (χ2n) is 1.14. The Labute approximate surface area is 45.2 Å². The molecule has 0 aliphatic rings. The lowest BCUT2D eigenvalue weighted by Crippen LogP contribution is -2.17. The molecule has 0 fully saturated rings. The topological polar surface area (TPSA) is 37.3 Å². The lowest BCUT2D eigenvalue weighted by atomic mass is 15.9. The van der Waals surface area contributed by atoms with E-state index in [1.54, 1.807) is 0 Å². The molecular weight excluding hydrogens is 144 g/mol. The van der Waals surface area contributed by atoms with E-state index in [0.29, 0.717) is 0 Å². The monoisotopic (exact) mass is 152 g/mol. The molecule has 0 saturated heterocycles. The van der Waals surface area contributed by atoms with Crippen molar-refractivity contribution in [3.63, 3.8) is 0 Å². The summed E-state index contributed by atoms with van der Waals surface area (Å²) < 4.78 is 9.90. The minimum Gasteiger partial charge on any atom is -0.543 e. The Balaban J connectivity index is 2.83. The van der Waals surface area contributed by atoms with Crippen LogP contribution in [0.3, 0.4) is 0 Å². The largest absolute Gasteiger partial charge is 0.543 e. The van der Waals surface area contributed by atoms with E-state index in [9.17, 15) is 4.46 Å². The predicted octanol–water partition coefficient (Wildman–Crippen LogP) is -4.07. The van der Waals surface area contributed by atoms with E-state index in [4.69, 9.17) is 4.80 Å². The highest BCUT2D eigenvalue weighted by atomic mass is 29.7. The molecule has 0 unspecified atom stereocenters. The second-order valence-corrected chi connectivity index (χ2v) is 23.2. The molecule has 0 aliphatic heterocycles. The van der Waals surface area contributed by atoms with Gasteiger partial charge >= 0.3 is 8.44 Å². The molecule has 0 bridgehead atoms. The molecule has 0 aromatic carbocycles. The lowest BCUT2D eigenvalue weighted by Gasteiger charge is -1.74. The minimum atomic E-state index is -1.90. The zero-order chi connectivity index (χ0) is 4.99. The molecule has 36 valence electrons. The Morgan fingerprint density at radius 1 is 1.83 bits per heavy atom. The first-order valence-electron chi connectivity index (χ1n) is 1.99. The van der Waals surface area contributed by atoms with Gasteiger partial charge in [-0.3, -0.25) is 0 Å². The van der Waals surface area contributed by atoms with Crippen LogP contribution in [0.2, 0.25) is 0 Å². The van der Waals surface area contributed by atoms with Crippen molar-refractivity contribution in [2.75, 3.05) is 0 Å². The van der Waals surface area contributed by atoms with Gasteiger partial charge in [-0.15, -0.1) is 0 Å². The molecule has 0 atom stereocenters. The molecule has 2 nitrogen and oxygen atoms in total. The molecule has 0 heterocycles. The van der Waals surface area contributed by atoms with Gasteiger partial charge in [0.1, 0.15) is 8.55 Å². The summed E-state index contributed by atoms with van der Waals surface area (Å²) in [4.78, 5) is 8.22. The Hall–Kier alpha value is 0.468. The Morgan fingerprint density at radius 2 is 2.33 bits per heavy atom. The zero-order valence-corrected chi connectivity index (χ0v) is 9.60. The first-order chi connectivity index (χ1) is 2.77. The van der Waals surface area contributed by atoms with Crippen molar-refractivity contribution in [2.45, 2.75) is 0 Å². The van der Waals surface area contributed by atoms with Crippen molar-refractivity contribution in [1.29, 1.82) is 0 Å². The summed E-state index contributed by atoms with van der Waals surface area (Å²) in [7, 11) is -0.861. The standard InChI is InChI=1S/H8O2Si4/c1-6(2)5-4-3/h1H,4-5H2,3H3. The maximum absolute atomic E-state index is 9.90. The molecule has 0 radical (unpaired) electrons. The Morgan fingerprint density at radius 3 is 2.33 bits per heavy atom. The van der Waals surface area contributed by atoms with Gasteiger partial charge < -0.3 is 9.26 Å². The normalized spacial score (nSPS) is 12.7. The highest BCUT2D eigenvalue weighted by Gasteiger charge is 1.95. The third-order valence-electron chi connectivity index (χ3n) is 0.464. The SMILES string of the molecule is O=[Si](O)[SiH2][SiH2][SiH3]. The van der Waals surface area contributed by atoms with Crippen LogP contribution in [-0.4, -0.2) is 40.1 Å². The van der Waals surface area contributed by atoms with E-state index in [0.717, 1.165) is 0 Å². The lowest BCUT2D eigenvalue weighted by molar-refractivity contribution is 0.469. The van der Waals surface area contributed by atoms with Crippen LogP contribution in [0, 0.1) is 0 Å². The molecule has 6 heteroatoms. The van der Waals surface area contributed by atoms with E-state index < -0.39 is 8.44 Å². The van der Waals surface area contributed by atoms with Crippen LogP contribution in [0.15, 0.2) is 0 Å². The Kier molecular flexibility index (Phi) is 3.93. The highest BCUT2D eigenvalue weighted by molar-refractivity contribution is 7.41. The summed E-state index contributed by atoms with van der Waals surface area (Å²) in [5.74, 6) is 0. The molecule has 0 amide bonds. The zero-order valence-electron chi connectivity index (χ0n) is 3.77. The third kappa shape index (κ3) is 4.47. The number of hydrogen-bond acceptors (Lipinski definition) is 1. The smallest absolute Gasteiger partial charge is 0.455 e. The average Bonchev–Trinajstić information content (AvgIpc) is 1.35. The molecular formula is H8O2Si4. The minimum absolute atomic E-state index is 0.127. The van der Waals surface area contributed by atoms with Crippen LogP contribution in [0.1, 0.15) is 0 Å². The molecule has 0 rings (SSSR count). The van der Waals surface area contributed by atoms with E-state index in [2.05, 4.69) is 0 Å². The van der Waals surface area contributed by atoms with Crippen molar-refractivity contribution in [1.82, 2.24) is 0 Å². The van der Waals surface area contributed by atoms with Gasteiger partial charge in [-0.05, 0) is 9.76 Å². The summed E-state index contributed by atoms with van der Waals surface area (Å²) in [6.45, 7) is 0. The first kappa shape index (κ1) is 6.47. The number of rotatable bonds is 2.